The summed E-state index contributed by atoms with van der Waals surface area (Å²) >= 11 is 0. The Morgan fingerprint density at radius 1 is 1.05 bits per heavy atom. The lowest BCUT2D eigenvalue weighted by Gasteiger charge is -2.15. The van der Waals surface area contributed by atoms with Crippen LogP contribution >= 0.6 is 0 Å². The predicted molar refractivity (Wildman–Crippen MR) is 88.3 cm³/mol. The summed E-state index contributed by atoms with van der Waals surface area (Å²) in [6, 6.07) is 10.5. The second kappa shape index (κ2) is 11.4. The molecule has 0 amide bonds. The molecule has 0 radical (unpaired) electrons. The van der Waals surface area contributed by atoms with E-state index in [1.807, 2.05) is 6.07 Å². The minimum absolute atomic E-state index is 0.0679. The van der Waals surface area contributed by atoms with Crippen LogP contribution in [0.25, 0.3) is 0 Å². The molecule has 0 saturated carbocycles. The topological polar surface area (TPSA) is 26.3 Å². The fourth-order valence-electron chi connectivity index (χ4n) is 2.72. The largest absolute Gasteiger partial charge is 0.469 e. The Labute approximate surface area is 129 Å². The molecule has 0 aliphatic heterocycles. The third-order valence-electron chi connectivity index (χ3n) is 4.08. The molecule has 0 heterocycles. The van der Waals surface area contributed by atoms with Crippen molar-refractivity contribution in [1.29, 1.82) is 0 Å². The van der Waals surface area contributed by atoms with Crippen LogP contribution < -0.4 is 0 Å². The van der Waals surface area contributed by atoms with Crippen LogP contribution in [0.4, 0.5) is 0 Å². The number of unbranched alkanes of at least 4 members (excludes halogenated alkanes) is 4. The fourth-order valence-corrected chi connectivity index (χ4v) is 2.72. The van der Waals surface area contributed by atoms with Crippen molar-refractivity contribution < 1.29 is 9.53 Å². The van der Waals surface area contributed by atoms with Gasteiger partial charge in [0.2, 0.25) is 0 Å². The van der Waals surface area contributed by atoms with Gasteiger partial charge in [-0.1, -0.05) is 69.4 Å². The van der Waals surface area contributed by atoms with Crippen LogP contribution in [0, 0.1) is 5.92 Å². The number of hydrogen-bond donors (Lipinski definition) is 0. The first-order valence-corrected chi connectivity index (χ1v) is 8.37. The molecule has 1 rings (SSSR count). The van der Waals surface area contributed by atoms with Crippen molar-refractivity contribution in [1.82, 2.24) is 0 Å². The Morgan fingerprint density at radius 2 is 1.76 bits per heavy atom. The minimum atomic E-state index is -0.0679. The van der Waals surface area contributed by atoms with E-state index in [0.717, 1.165) is 19.3 Å². The number of benzene rings is 1. The summed E-state index contributed by atoms with van der Waals surface area (Å²) in [5.74, 6) is 0.390. The van der Waals surface area contributed by atoms with Gasteiger partial charge in [0.05, 0.1) is 7.11 Å². The lowest BCUT2D eigenvalue weighted by atomic mass is 9.91. The molecule has 1 aromatic carbocycles. The Kier molecular flexibility index (Phi) is 9.60. The van der Waals surface area contributed by atoms with Crippen LogP contribution in [0.15, 0.2) is 30.3 Å². The highest BCUT2D eigenvalue weighted by molar-refractivity contribution is 5.69. The zero-order valence-electron chi connectivity index (χ0n) is 13.6. The average molecular weight is 290 g/mol. The first kappa shape index (κ1) is 17.7. The lowest BCUT2D eigenvalue weighted by molar-refractivity contribution is -0.141. The Bertz CT molecular complexity index is 372. The van der Waals surface area contributed by atoms with Gasteiger partial charge in [0.1, 0.15) is 0 Å². The molecule has 0 aliphatic carbocycles. The second-order valence-electron chi connectivity index (χ2n) is 5.87. The summed E-state index contributed by atoms with van der Waals surface area (Å²) in [4.78, 5) is 11.5. The van der Waals surface area contributed by atoms with E-state index >= 15 is 0 Å². The van der Waals surface area contributed by atoms with E-state index in [1.165, 1.54) is 44.8 Å². The van der Waals surface area contributed by atoms with Crippen molar-refractivity contribution in [3.63, 3.8) is 0 Å². The van der Waals surface area contributed by atoms with Gasteiger partial charge in [0.15, 0.2) is 0 Å². The molecule has 1 atom stereocenters. The molecule has 118 valence electrons. The molecule has 1 aromatic rings. The van der Waals surface area contributed by atoms with Gasteiger partial charge in [-0.2, -0.15) is 0 Å². The van der Waals surface area contributed by atoms with E-state index in [4.69, 9.17) is 4.74 Å². The molecule has 0 bridgehead atoms. The smallest absolute Gasteiger partial charge is 0.305 e. The molecule has 0 unspecified atom stereocenters. The minimum Gasteiger partial charge on any atom is -0.469 e. The normalized spacial score (nSPS) is 12.1. The monoisotopic (exact) mass is 290 g/mol. The zero-order valence-corrected chi connectivity index (χ0v) is 13.6. The number of carbonyl (C=O) groups is 1. The summed E-state index contributed by atoms with van der Waals surface area (Å²) in [7, 11) is 1.48. The van der Waals surface area contributed by atoms with Gasteiger partial charge in [0, 0.05) is 6.42 Å². The quantitative estimate of drug-likeness (QED) is 0.415. The van der Waals surface area contributed by atoms with Crippen LogP contribution in [0.3, 0.4) is 0 Å². The molecule has 21 heavy (non-hydrogen) atoms. The lowest BCUT2D eigenvalue weighted by Crippen LogP contribution is -2.11. The van der Waals surface area contributed by atoms with Crippen LogP contribution in [0.2, 0.25) is 0 Å². The summed E-state index contributed by atoms with van der Waals surface area (Å²) in [5, 5.41) is 0. The molecular formula is C19H30O2. The fraction of sp³-hybridized carbons (Fsp3) is 0.632. The maximum Gasteiger partial charge on any atom is 0.305 e. The average Bonchev–Trinajstić information content (AvgIpc) is 2.53. The van der Waals surface area contributed by atoms with E-state index < -0.39 is 0 Å². The third kappa shape index (κ3) is 8.54. The molecule has 0 fully saturated rings. The van der Waals surface area contributed by atoms with Crippen LogP contribution in [0.1, 0.15) is 63.9 Å². The number of aryl methyl sites for hydroxylation is 1. The summed E-state index contributed by atoms with van der Waals surface area (Å²) in [6.07, 6.45) is 10.3. The van der Waals surface area contributed by atoms with Crippen molar-refractivity contribution in [3.05, 3.63) is 35.9 Å². The Morgan fingerprint density at radius 3 is 2.43 bits per heavy atom. The Balaban J connectivity index is 2.34. The molecule has 0 spiro atoms. The molecule has 0 saturated heterocycles. The second-order valence-corrected chi connectivity index (χ2v) is 5.87. The van der Waals surface area contributed by atoms with Crippen molar-refractivity contribution >= 4 is 5.97 Å². The van der Waals surface area contributed by atoms with E-state index in [2.05, 4.69) is 31.2 Å². The number of rotatable bonds is 11. The van der Waals surface area contributed by atoms with Crippen molar-refractivity contribution in [2.75, 3.05) is 7.11 Å². The van der Waals surface area contributed by atoms with Crippen molar-refractivity contribution in [3.8, 4) is 0 Å². The molecule has 2 heteroatoms. The number of carbonyl (C=O) groups excluding carboxylic acids is 1. The van der Waals surface area contributed by atoms with Gasteiger partial charge in [-0.05, 0) is 30.7 Å². The van der Waals surface area contributed by atoms with Gasteiger partial charge < -0.3 is 4.74 Å². The van der Waals surface area contributed by atoms with Gasteiger partial charge in [0.25, 0.3) is 0 Å². The predicted octanol–water partition coefficient (Wildman–Crippen LogP) is 5.16. The molecule has 0 aliphatic rings. The Hall–Kier alpha value is -1.31. The van der Waals surface area contributed by atoms with Gasteiger partial charge in [-0.15, -0.1) is 0 Å². The number of methoxy groups -OCH3 is 1. The van der Waals surface area contributed by atoms with Gasteiger partial charge in [-0.25, -0.2) is 0 Å². The highest BCUT2D eigenvalue weighted by Gasteiger charge is 2.14. The summed E-state index contributed by atoms with van der Waals surface area (Å²) in [6.45, 7) is 2.24. The first-order chi connectivity index (χ1) is 10.3. The molecular weight excluding hydrogens is 260 g/mol. The van der Waals surface area contributed by atoms with Crippen molar-refractivity contribution in [2.45, 2.75) is 64.7 Å². The van der Waals surface area contributed by atoms with Gasteiger partial charge >= 0.3 is 5.97 Å². The summed E-state index contributed by atoms with van der Waals surface area (Å²) in [5.41, 5.74) is 1.36. The first-order valence-electron chi connectivity index (χ1n) is 8.37. The van der Waals surface area contributed by atoms with Gasteiger partial charge in [-0.3, -0.25) is 4.79 Å². The number of ether oxygens (including phenoxy) is 1. The molecule has 0 N–H and O–H groups in total. The van der Waals surface area contributed by atoms with E-state index in [-0.39, 0.29) is 5.97 Å². The number of hydrogen-bond acceptors (Lipinski definition) is 2. The van der Waals surface area contributed by atoms with E-state index in [1.54, 1.807) is 0 Å². The maximum atomic E-state index is 11.5. The third-order valence-corrected chi connectivity index (χ3v) is 4.08. The maximum absolute atomic E-state index is 11.5. The van der Waals surface area contributed by atoms with E-state index in [9.17, 15) is 4.79 Å². The van der Waals surface area contributed by atoms with Crippen molar-refractivity contribution in [2.24, 2.45) is 5.92 Å². The van der Waals surface area contributed by atoms with Crippen LogP contribution in [-0.4, -0.2) is 13.1 Å². The molecule has 0 aromatic heterocycles. The summed E-state index contributed by atoms with van der Waals surface area (Å²) < 4.78 is 4.84. The molecule has 2 nitrogen and oxygen atoms in total. The highest BCUT2D eigenvalue weighted by atomic mass is 16.5. The van der Waals surface area contributed by atoms with Crippen LogP contribution in [-0.2, 0) is 16.0 Å². The zero-order chi connectivity index (χ0) is 15.3. The standard InChI is InChI=1S/C19H30O2/c1-3-4-5-6-8-13-18(16-19(20)21-2)15-14-17-11-9-7-10-12-17/h7,9-12,18H,3-6,8,13-16H2,1-2H3/t18-/m1/s1. The SMILES string of the molecule is CCCCCCC[C@H](CCc1ccccc1)CC(=O)OC. The van der Waals surface area contributed by atoms with E-state index in [0.29, 0.717) is 12.3 Å². The van der Waals surface area contributed by atoms with Crippen LogP contribution in [0.5, 0.6) is 0 Å². The number of esters is 1. The highest BCUT2D eigenvalue weighted by Crippen LogP contribution is 2.21.